The first-order chi connectivity index (χ1) is 10.2. The summed E-state index contributed by atoms with van der Waals surface area (Å²) in [6.07, 6.45) is 4.76. The maximum Gasteiger partial charge on any atom is 0.165 e. The topological polar surface area (TPSA) is 41.5 Å². The molecular weight excluding hydrogens is 269 g/mol. The molecule has 21 heavy (non-hydrogen) atoms. The van der Waals surface area contributed by atoms with E-state index >= 15 is 0 Å². The van der Waals surface area contributed by atoms with Gasteiger partial charge in [0.2, 0.25) is 0 Å². The molecule has 3 nitrogen and oxygen atoms in total. The highest BCUT2D eigenvalue weighted by molar-refractivity contribution is 5.30. The number of aliphatic hydroxyl groups excluding tert-OH is 1. The molecule has 1 aliphatic rings. The van der Waals surface area contributed by atoms with E-state index < -0.39 is 0 Å². The van der Waals surface area contributed by atoms with Gasteiger partial charge in [-0.05, 0) is 55.8 Å². The van der Waals surface area contributed by atoms with Crippen LogP contribution in [-0.2, 0) is 0 Å². The van der Waals surface area contributed by atoms with Gasteiger partial charge in [0.15, 0.2) is 11.6 Å². The molecule has 4 heteroatoms. The van der Waals surface area contributed by atoms with Gasteiger partial charge in [0.05, 0.1) is 7.11 Å². The molecule has 0 saturated heterocycles. The smallest absolute Gasteiger partial charge is 0.165 e. The van der Waals surface area contributed by atoms with Gasteiger partial charge in [0.1, 0.15) is 0 Å². The highest BCUT2D eigenvalue weighted by Gasteiger charge is 2.24. The van der Waals surface area contributed by atoms with E-state index in [1.54, 1.807) is 6.07 Å². The number of benzene rings is 1. The second-order valence-electron chi connectivity index (χ2n) is 6.01. The summed E-state index contributed by atoms with van der Waals surface area (Å²) in [5.41, 5.74) is 0.921. The Kier molecular flexibility index (Phi) is 6.00. The quantitative estimate of drug-likeness (QED) is 0.846. The summed E-state index contributed by atoms with van der Waals surface area (Å²) in [6.45, 7) is 3.19. The lowest BCUT2D eigenvalue weighted by atomic mass is 9.79. The number of rotatable bonds is 6. The second kappa shape index (κ2) is 7.76. The van der Waals surface area contributed by atoms with E-state index in [0.717, 1.165) is 18.5 Å². The van der Waals surface area contributed by atoms with Crippen LogP contribution in [-0.4, -0.2) is 25.4 Å². The minimum absolute atomic E-state index is 0.0895. The molecule has 0 spiro atoms. The molecule has 3 atom stereocenters. The van der Waals surface area contributed by atoms with E-state index in [1.165, 1.54) is 32.4 Å². The molecule has 0 radical (unpaired) electrons. The van der Waals surface area contributed by atoms with Crippen molar-refractivity contribution in [3.63, 3.8) is 0 Å². The lowest BCUT2D eigenvalue weighted by molar-refractivity contribution is 0.131. The molecular formula is C17H26FNO2. The first-order valence-corrected chi connectivity index (χ1v) is 7.83. The average Bonchev–Trinajstić information content (AvgIpc) is 2.52. The molecule has 0 aliphatic heterocycles. The molecule has 0 amide bonds. The minimum atomic E-state index is -0.324. The predicted molar refractivity (Wildman–Crippen MR) is 81.9 cm³/mol. The van der Waals surface area contributed by atoms with Crippen LogP contribution in [0.1, 0.15) is 44.2 Å². The van der Waals surface area contributed by atoms with Crippen molar-refractivity contribution in [3.8, 4) is 5.75 Å². The summed E-state index contributed by atoms with van der Waals surface area (Å²) in [7, 11) is 1.47. The largest absolute Gasteiger partial charge is 0.494 e. The van der Waals surface area contributed by atoms with E-state index in [9.17, 15) is 9.50 Å². The van der Waals surface area contributed by atoms with Crippen LogP contribution in [0.25, 0.3) is 0 Å². The maximum absolute atomic E-state index is 13.7. The minimum Gasteiger partial charge on any atom is -0.494 e. The number of ether oxygens (including phenoxy) is 1. The zero-order valence-electron chi connectivity index (χ0n) is 12.9. The van der Waals surface area contributed by atoms with Crippen LogP contribution in [0, 0.1) is 17.7 Å². The lowest BCUT2D eigenvalue weighted by Gasteiger charge is -2.31. The highest BCUT2D eigenvalue weighted by atomic mass is 19.1. The zero-order chi connectivity index (χ0) is 15.2. The SMILES string of the molecule is COc1ccc(C(C)NCC2CCCCC2CO)cc1F. The summed E-state index contributed by atoms with van der Waals surface area (Å²) in [4.78, 5) is 0. The van der Waals surface area contributed by atoms with Crippen molar-refractivity contribution in [2.24, 2.45) is 11.8 Å². The molecule has 3 unspecified atom stereocenters. The van der Waals surface area contributed by atoms with Crippen molar-refractivity contribution in [2.45, 2.75) is 38.6 Å². The van der Waals surface area contributed by atoms with Crippen molar-refractivity contribution >= 4 is 0 Å². The Labute approximate surface area is 126 Å². The van der Waals surface area contributed by atoms with Gasteiger partial charge < -0.3 is 15.2 Å². The van der Waals surface area contributed by atoms with Crippen LogP contribution in [0.2, 0.25) is 0 Å². The Morgan fingerprint density at radius 3 is 2.67 bits per heavy atom. The Balaban J connectivity index is 1.91. The first-order valence-electron chi connectivity index (χ1n) is 7.83. The van der Waals surface area contributed by atoms with Crippen LogP contribution in [0.15, 0.2) is 18.2 Å². The van der Waals surface area contributed by atoms with Crippen molar-refractivity contribution < 1.29 is 14.2 Å². The van der Waals surface area contributed by atoms with Gasteiger partial charge in [-0.2, -0.15) is 0 Å². The maximum atomic E-state index is 13.7. The van der Waals surface area contributed by atoms with Gasteiger partial charge in [0.25, 0.3) is 0 Å². The molecule has 0 heterocycles. The summed E-state index contributed by atoms with van der Waals surface area (Å²) in [5, 5.41) is 12.9. The van der Waals surface area contributed by atoms with Gasteiger partial charge in [-0.3, -0.25) is 0 Å². The van der Waals surface area contributed by atoms with Crippen molar-refractivity contribution in [2.75, 3.05) is 20.3 Å². The number of halogens is 1. The second-order valence-corrected chi connectivity index (χ2v) is 6.01. The Hall–Kier alpha value is -1.13. The third kappa shape index (κ3) is 4.17. The lowest BCUT2D eigenvalue weighted by Crippen LogP contribution is -2.33. The van der Waals surface area contributed by atoms with Gasteiger partial charge in [-0.25, -0.2) is 4.39 Å². The molecule has 0 aromatic heterocycles. The van der Waals surface area contributed by atoms with Crippen LogP contribution < -0.4 is 10.1 Å². The monoisotopic (exact) mass is 295 g/mol. The van der Waals surface area contributed by atoms with Crippen molar-refractivity contribution in [1.29, 1.82) is 0 Å². The van der Waals surface area contributed by atoms with Gasteiger partial charge in [0, 0.05) is 12.6 Å². The fourth-order valence-corrected chi connectivity index (χ4v) is 3.19. The van der Waals surface area contributed by atoms with E-state index in [4.69, 9.17) is 4.74 Å². The Bertz CT molecular complexity index is 452. The number of nitrogens with one attached hydrogen (secondary N) is 1. The number of hydrogen-bond donors (Lipinski definition) is 2. The molecule has 1 aromatic carbocycles. The van der Waals surface area contributed by atoms with Crippen LogP contribution in [0.5, 0.6) is 5.75 Å². The van der Waals surface area contributed by atoms with Crippen LogP contribution in [0.4, 0.5) is 4.39 Å². The average molecular weight is 295 g/mol. The van der Waals surface area contributed by atoms with Gasteiger partial charge in [-0.15, -0.1) is 0 Å². The molecule has 2 N–H and O–H groups in total. The fourth-order valence-electron chi connectivity index (χ4n) is 3.19. The van der Waals surface area contributed by atoms with Crippen LogP contribution in [0.3, 0.4) is 0 Å². The van der Waals surface area contributed by atoms with E-state index in [1.807, 2.05) is 13.0 Å². The standard InChI is InChI=1S/C17H26FNO2/c1-12(13-7-8-17(21-2)16(18)9-13)19-10-14-5-3-4-6-15(14)11-20/h7-9,12,14-15,19-20H,3-6,10-11H2,1-2H3. The van der Waals surface area contributed by atoms with E-state index in [0.29, 0.717) is 11.8 Å². The summed E-state index contributed by atoms with van der Waals surface area (Å²) >= 11 is 0. The normalized spacial score (nSPS) is 23.8. The molecule has 1 aliphatic carbocycles. The van der Waals surface area contributed by atoms with Gasteiger partial charge in [-0.1, -0.05) is 18.9 Å². The zero-order valence-corrected chi connectivity index (χ0v) is 12.9. The number of methoxy groups -OCH3 is 1. The molecule has 118 valence electrons. The number of hydrogen-bond acceptors (Lipinski definition) is 3. The Morgan fingerprint density at radius 2 is 2.05 bits per heavy atom. The van der Waals surface area contributed by atoms with Crippen LogP contribution >= 0.6 is 0 Å². The van der Waals surface area contributed by atoms with E-state index in [2.05, 4.69) is 5.32 Å². The van der Waals surface area contributed by atoms with Gasteiger partial charge >= 0.3 is 0 Å². The molecule has 2 rings (SSSR count). The highest BCUT2D eigenvalue weighted by Crippen LogP contribution is 2.30. The molecule has 0 bridgehead atoms. The predicted octanol–water partition coefficient (Wildman–Crippen LogP) is 3.28. The fraction of sp³-hybridized carbons (Fsp3) is 0.647. The summed E-state index contributed by atoms with van der Waals surface area (Å²) < 4.78 is 18.7. The van der Waals surface area contributed by atoms with E-state index in [-0.39, 0.29) is 24.2 Å². The summed E-state index contributed by atoms with van der Waals surface area (Å²) in [6, 6.07) is 5.18. The first kappa shape index (κ1) is 16.2. The molecule has 1 aromatic rings. The molecule has 1 saturated carbocycles. The van der Waals surface area contributed by atoms with Crippen molar-refractivity contribution in [3.05, 3.63) is 29.6 Å². The third-order valence-electron chi connectivity index (χ3n) is 4.66. The molecule has 1 fully saturated rings. The Morgan fingerprint density at radius 1 is 1.33 bits per heavy atom. The summed E-state index contributed by atoms with van der Waals surface area (Å²) in [5.74, 6) is 0.883. The van der Waals surface area contributed by atoms with Crippen molar-refractivity contribution in [1.82, 2.24) is 5.32 Å². The third-order valence-corrected chi connectivity index (χ3v) is 4.66. The number of aliphatic hydroxyl groups is 1.